The molecule has 0 amide bonds. The van der Waals surface area contributed by atoms with Gasteiger partial charge in [-0.3, -0.25) is 9.32 Å². The highest BCUT2D eigenvalue weighted by molar-refractivity contribution is 7.52. The number of imidazole rings is 1. The molecule has 2 aliphatic carbocycles. The summed E-state index contributed by atoms with van der Waals surface area (Å²) in [5.74, 6) is -0.119. The molecule has 0 saturated heterocycles. The van der Waals surface area contributed by atoms with Gasteiger partial charge in [0, 0.05) is 5.92 Å². The molecule has 5 rings (SSSR count). The number of aliphatic hydroxyl groups excluding tert-OH is 1. The molecule has 5 N–H and O–H groups in total. The first-order chi connectivity index (χ1) is 18.6. The number of ether oxygens (including phenoxy) is 1. The van der Waals surface area contributed by atoms with Crippen molar-refractivity contribution in [3.8, 4) is 5.75 Å². The van der Waals surface area contributed by atoms with Crippen LogP contribution in [0.4, 0.5) is 5.82 Å². The first kappa shape index (κ1) is 27.1. The SMILES string of the molecule is C=C1NC(N)=Nc2c1ncn2[C@H]1C[C@H](O)[C@@H](CO[P@@](=O)(N[C@@H](C)C(=O)OC2CCC2)Oc2ccccc2)C1=C. The van der Waals surface area contributed by atoms with Gasteiger partial charge >= 0.3 is 13.7 Å². The van der Waals surface area contributed by atoms with Gasteiger partial charge in [0.05, 0.1) is 30.8 Å². The Balaban J connectivity index is 1.30. The Hall–Kier alpha value is -3.44. The molecule has 39 heavy (non-hydrogen) atoms. The summed E-state index contributed by atoms with van der Waals surface area (Å²) in [5.41, 5.74) is 7.59. The van der Waals surface area contributed by atoms with E-state index in [1.54, 1.807) is 48.1 Å². The number of hydrogen-bond donors (Lipinski definition) is 4. The molecule has 5 atom stereocenters. The van der Waals surface area contributed by atoms with Gasteiger partial charge < -0.3 is 30.0 Å². The van der Waals surface area contributed by atoms with E-state index in [1.165, 1.54) is 0 Å². The van der Waals surface area contributed by atoms with Gasteiger partial charge in [0.15, 0.2) is 11.8 Å². The maximum atomic E-state index is 13.9. The number of guanidine groups is 1. The molecule has 2 fully saturated rings. The number of hydrogen-bond acceptors (Lipinski definition) is 10. The predicted molar refractivity (Wildman–Crippen MR) is 145 cm³/mol. The van der Waals surface area contributed by atoms with E-state index in [2.05, 4.69) is 33.5 Å². The molecular weight excluding hydrogens is 523 g/mol. The summed E-state index contributed by atoms with van der Waals surface area (Å²) < 4.78 is 32.7. The molecule has 1 aromatic heterocycles. The molecule has 2 saturated carbocycles. The van der Waals surface area contributed by atoms with Crippen LogP contribution in [0, 0.1) is 5.92 Å². The minimum absolute atomic E-state index is 0.118. The van der Waals surface area contributed by atoms with Crippen LogP contribution >= 0.6 is 7.75 Å². The Kier molecular flexibility index (Phi) is 7.64. The van der Waals surface area contributed by atoms with Crippen LogP contribution in [0.5, 0.6) is 5.75 Å². The number of para-hydroxylation sites is 1. The summed E-state index contributed by atoms with van der Waals surface area (Å²) in [6.45, 7) is 9.49. The lowest BCUT2D eigenvalue weighted by Gasteiger charge is -2.28. The number of aliphatic hydroxyl groups is 1. The average Bonchev–Trinajstić information content (AvgIpc) is 3.40. The zero-order chi connectivity index (χ0) is 27.7. The summed E-state index contributed by atoms with van der Waals surface area (Å²) in [4.78, 5) is 21.3. The third kappa shape index (κ3) is 5.79. The molecule has 0 radical (unpaired) electrons. The van der Waals surface area contributed by atoms with Gasteiger partial charge in [0.25, 0.3) is 0 Å². The van der Waals surface area contributed by atoms with Crippen LogP contribution in [-0.2, 0) is 18.6 Å². The predicted octanol–water partition coefficient (Wildman–Crippen LogP) is 3.16. The van der Waals surface area contributed by atoms with E-state index in [0.29, 0.717) is 35.0 Å². The fourth-order valence-electron chi connectivity index (χ4n) is 4.74. The zero-order valence-corrected chi connectivity index (χ0v) is 22.5. The summed E-state index contributed by atoms with van der Waals surface area (Å²) in [6.07, 6.45) is 3.60. The fourth-order valence-corrected chi connectivity index (χ4v) is 6.26. The van der Waals surface area contributed by atoms with Gasteiger partial charge in [-0.1, -0.05) is 31.4 Å². The molecule has 3 aliphatic rings. The van der Waals surface area contributed by atoms with E-state index in [9.17, 15) is 14.5 Å². The number of aromatic nitrogens is 2. The van der Waals surface area contributed by atoms with Crippen LogP contribution in [0.2, 0.25) is 0 Å². The van der Waals surface area contributed by atoms with Crippen molar-refractivity contribution in [2.75, 3.05) is 6.61 Å². The summed E-state index contributed by atoms with van der Waals surface area (Å²) in [5, 5.41) is 16.5. The minimum atomic E-state index is -4.09. The van der Waals surface area contributed by atoms with Gasteiger partial charge in [-0.15, -0.1) is 0 Å². The zero-order valence-electron chi connectivity index (χ0n) is 21.7. The standard InChI is InChI=1S/C26H33N6O6P/c1-15-20(22(33)12-21(15)32-14-28-23-16(2)29-26(27)30-24(23)32)13-36-39(35,38-19-8-5-4-6-9-19)31-17(3)25(34)37-18-10-7-11-18/h4-6,8-9,14,17-18,20-22,33H,1-2,7,10-13H2,3H3,(H,31,35)(H3,27,29,30)/t17-,20-,21-,22-,39-/m0/s1. The van der Waals surface area contributed by atoms with Gasteiger partial charge in [-0.25, -0.2) is 9.55 Å². The van der Waals surface area contributed by atoms with Gasteiger partial charge in [0.1, 0.15) is 23.6 Å². The second-order valence-corrected chi connectivity index (χ2v) is 11.7. The lowest BCUT2D eigenvalue weighted by Crippen LogP contribution is -2.38. The maximum absolute atomic E-state index is 13.9. The highest BCUT2D eigenvalue weighted by atomic mass is 31.2. The van der Waals surface area contributed by atoms with Gasteiger partial charge in [-0.2, -0.15) is 10.1 Å². The topological polar surface area (TPSA) is 162 Å². The van der Waals surface area contributed by atoms with Crippen molar-refractivity contribution in [3.05, 3.63) is 61.1 Å². The van der Waals surface area contributed by atoms with Crippen molar-refractivity contribution in [2.45, 2.75) is 56.9 Å². The second-order valence-electron chi connectivity index (χ2n) is 9.96. The fraction of sp³-hybridized carbons (Fsp3) is 0.423. The van der Waals surface area contributed by atoms with Gasteiger partial charge in [0.2, 0.25) is 0 Å². The quantitative estimate of drug-likeness (QED) is 0.194. The van der Waals surface area contributed by atoms with Crippen LogP contribution in [0.25, 0.3) is 5.70 Å². The number of esters is 1. The molecule has 12 nitrogen and oxygen atoms in total. The number of nitrogens with one attached hydrogen (secondary N) is 2. The van der Waals surface area contributed by atoms with E-state index < -0.39 is 31.8 Å². The van der Waals surface area contributed by atoms with E-state index in [4.69, 9.17) is 19.5 Å². The Bertz CT molecular complexity index is 1340. The Morgan fingerprint density at radius 1 is 1.33 bits per heavy atom. The van der Waals surface area contributed by atoms with Crippen LogP contribution in [0.3, 0.4) is 0 Å². The van der Waals surface area contributed by atoms with Crippen molar-refractivity contribution < 1.29 is 28.3 Å². The number of carbonyl (C=O) groups excluding carboxylic acids is 1. The first-order valence-electron chi connectivity index (χ1n) is 12.8. The van der Waals surface area contributed by atoms with Gasteiger partial charge in [-0.05, 0) is 50.3 Å². The Morgan fingerprint density at radius 3 is 2.77 bits per heavy atom. The number of rotatable bonds is 10. The summed E-state index contributed by atoms with van der Waals surface area (Å²) in [6, 6.07) is 7.20. The highest BCUT2D eigenvalue weighted by Gasteiger charge is 2.42. The summed E-state index contributed by atoms with van der Waals surface area (Å²) in [7, 11) is -4.09. The monoisotopic (exact) mass is 556 g/mol. The molecule has 0 bridgehead atoms. The number of aliphatic imine (C=N–C) groups is 1. The largest absolute Gasteiger partial charge is 0.461 e. The normalized spacial score (nSPS) is 25.1. The lowest BCUT2D eigenvalue weighted by atomic mass is 9.96. The minimum Gasteiger partial charge on any atom is -0.461 e. The smallest absolute Gasteiger partial charge is 0.459 e. The highest BCUT2D eigenvalue weighted by Crippen LogP contribution is 2.49. The van der Waals surface area contributed by atoms with E-state index in [0.717, 1.165) is 19.3 Å². The third-order valence-corrected chi connectivity index (χ3v) is 8.80. The van der Waals surface area contributed by atoms with Crippen LogP contribution in [0.1, 0.15) is 44.3 Å². The maximum Gasteiger partial charge on any atom is 0.459 e. The Labute approximate surface area is 226 Å². The van der Waals surface area contributed by atoms with E-state index >= 15 is 0 Å². The number of fused-ring (bicyclic) bond motifs is 1. The third-order valence-electron chi connectivity index (χ3n) is 7.16. The molecule has 2 aromatic rings. The van der Waals surface area contributed by atoms with E-state index in [-0.39, 0.29) is 24.7 Å². The number of nitrogens with zero attached hydrogens (tertiary/aromatic N) is 3. The summed E-state index contributed by atoms with van der Waals surface area (Å²) >= 11 is 0. The molecule has 0 unspecified atom stereocenters. The molecule has 208 valence electrons. The average molecular weight is 557 g/mol. The van der Waals surface area contributed by atoms with Crippen molar-refractivity contribution in [2.24, 2.45) is 16.6 Å². The molecule has 2 heterocycles. The van der Waals surface area contributed by atoms with Crippen molar-refractivity contribution in [1.82, 2.24) is 20.0 Å². The van der Waals surface area contributed by atoms with Crippen LogP contribution in [-0.4, -0.2) is 51.4 Å². The lowest BCUT2D eigenvalue weighted by molar-refractivity contribution is -0.154. The van der Waals surface area contributed by atoms with Crippen molar-refractivity contribution in [3.63, 3.8) is 0 Å². The van der Waals surface area contributed by atoms with Crippen LogP contribution in [0.15, 0.2) is 60.4 Å². The van der Waals surface area contributed by atoms with Crippen LogP contribution < -0.4 is 20.7 Å². The molecular formula is C26H33N6O6P. The second kappa shape index (κ2) is 11.0. The van der Waals surface area contributed by atoms with Crippen molar-refractivity contribution >= 4 is 31.2 Å². The first-order valence-corrected chi connectivity index (χ1v) is 14.4. The Morgan fingerprint density at radius 2 is 2.08 bits per heavy atom. The molecule has 0 spiro atoms. The molecule has 1 aromatic carbocycles. The molecule has 13 heteroatoms. The van der Waals surface area contributed by atoms with E-state index in [1.807, 2.05) is 0 Å². The molecule has 1 aliphatic heterocycles. The number of nitrogens with two attached hydrogens (primary N) is 1. The number of carbonyl (C=O) groups is 1. The number of benzene rings is 1. The van der Waals surface area contributed by atoms with Crippen molar-refractivity contribution in [1.29, 1.82) is 0 Å².